The standard InChI is InChI=1S/C21H24N4O2/c1-16-6-4-5-11-24(16)15-19-8-3-2-7-18(19)14-23-20-10-9-17(13-22)12-21(20)25(26)27/h2-3,7-10,12,16,23H,4-6,11,14-15H2,1H3. The van der Waals surface area contributed by atoms with Crippen molar-refractivity contribution in [2.45, 2.75) is 45.3 Å². The Morgan fingerprint density at radius 2 is 2.04 bits per heavy atom. The highest BCUT2D eigenvalue weighted by molar-refractivity contribution is 5.64. The Morgan fingerprint density at radius 1 is 1.26 bits per heavy atom. The van der Waals surface area contributed by atoms with Crippen LogP contribution in [0.2, 0.25) is 0 Å². The van der Waals surface area contributed by atoms with Gasteiger partial charge in [-0.3, -0.25) is 15.0 Å². The van der Waals surface area contributed by atoms with Crippen molar-refractivity contribution >= 4 is 11.4 Å². The number of nitrogens with zero attached hydrogens (tertiary/aromatic N) is 3. The van der Waals surface area contributed by atoms with Gasteiger partial charge in [0.25, 0.3) is 5.69 Å². The summed E-state index contributed by atoms with van der Waals surface area (Å²) in [6.45, 7) is 4.80. The zero-order valence-corrected chi connectivity index (χ0v) is 15.5. The highest BCUT2D eigenvalue weighted by Gasteiger charge is 2.19. The van der Waals surface area contributed by atoms with Crippen LogP contribution in [-0.4, -0.2) is 22.4 Å². The van der Waals surface area contributed by atoms with E-state index in [0.29, 0.717) is 18.3 Å². The summed E-state index contributed by atoms with van der Waals surface area (Å²) in [6, 6.07) is 15.3. The van der Waals surface area contributed by atoms with E-state index in [2.05, 4.69) is 29.3 Å². The van der Waals surface area contributed by atoms with Crippen molar-refractivity contribution in [3.05, 3.63) is 69.3 Å². The average molecular weight is 364 g/mol. The van der Waals surface area contributed by atoms with Gasteiger partial charge in [-0.1, -0.05) is 30.7 Å². The number of anilines is 1. The van der Waals surface area contributed by atoms with E-state index in [1.165, 1.54) is 30.9 Å². The lowest BCUT2D eigenvalue weighted by atomic mass is 10.0. The van der Waals surface area contributed by atoms with Crippen molar-refractivity contribution in [2.75, 3.05) is 11.9 Å². The minimum absolute atomic E-state index is 0.0730. The molecule has 0 aromatic heterocycles. The molecule has 0 aliphatic carbocycles. The summed E-state index contributed by atoms with van der Waals surface area (Å²) < 4.78 is 0. The molecule has 1 aliphatic heterocycles. The number of nitriles is 1. The summed E-state index contributed by atoms with van der Waals surface area (Å²) in [6.07, 6.45) is 3.77. The van der Waals surface area contributed by atoms with Crippen LogP contribution in [0.15, 0.2) is 42.5 Å². The molecule has 1 fully saturated rings. The van der Waals surface area contributed by atoms with Gasteiger partial charge in [0.1, 0.15) is 5.69 Å². The second-order valence-electron chi connectivity index (χ2n) is 7.04. The zero-order chi connectivity index (χ0) is 19.2. The molecular formula is C21H24N4O2. The quantitative estimate of drug-likeness (QED) is 0.605. The van der Waals surface area contributed by atoms with Crippen LogP contribution in [0.5, 0.6) is 0 Å². The third-order valence-corrected chi connectivity index (χ3v) is 5.23. The molecule has 0 saturated carbocycles. The summed E-state index contributed by atoms with van der Waals surface area (Å²) in [7, 11) is 0. The molecule has 1 unspecified atom stereocenters. The van der Waals surface area contributed by atoms with Crippen LogP contribution in [0.4, 0.5) is 11.4 Å². The van der Waals surface area contributed by atoms with Crippen LogP contribution >= 0.6 is 0 Å². The number of nitro benzene ring substituents is 1. The molecule has 0 bridgehead atoms. The molecule has 1 aliphatic rings. The smallest absolute Gasteiger partial charge is 0.293 e. The first kappa shape index (κ1) is 18.9. The number of likely N-dealkylation sites (tertiary alicyclic amines) is 1. The van der Waals surface area contributed by atoms with E-state index in [1.54, 1.807) is 12.1 Å². The predicted molar refractivity (Wildman–Crippen MR) is 105 cm³/mol. The van der Waals surface area contributed by atoms with Gasteiger partial charge in [0.15, 0.2) is 0 Å². The van der Waals surface area contributed by atoms with Crippen LogP contribution in [0.3, 0.4) is 0 Å². The van der Waals surface area contributed by atoms with Crippen LogP contribution in [-0.2, 0) is 13.1 Å². The van der Waals surface area contributed by atoms with E-state index < -0.39 is 4.92 Å². The summed E-state index contributed by atoms with van der Waals surface area (Å²) in [5.41, 5.74) is 3.02. The van der Waals surface area contributed by atoms with Gasteiger partial charge in [-0.2, -0.15) is 5.26 Å². The minimum Gasteiger partial charge on any atom is -0.375 e. The van der Waals surface area contributed by atoms with E-state index in [-0.39, 0.29) is 11.3 Å². The third-order valence-electron chi connectivity index (χ3n) is 5.23. The molecule has 1 heterocycles. The molecule has 0 spiro atoms. The monoisotopic (exact) mass is 364 g/mol. The number of benzene rings is 2. The van der Waals surface area contributed by atoms with Crippen LogP contribution in [0.1, 0.15) is 42.9 Å². The molecule has 6 nitrogen and oxygen atoms in total. The fourth-order valence-electron chi connectivity index (χ4n) is 3.59. The molecular weight excluding hydrogens is 340 g/mol. The van der Waals surface area contributed by atoms with E-state index in [4.69, 9.17) is 5.26 Å². The normalized spacial score (nSPS) is 17.3. The largest absolute Gasteiger partial charge is 0.375 e. The fraction of sp³-hybridized carbons (Fsp3) is 0.381. The lowest BCUT2D eigenvalue weighted by molar-refractivity contribution is -0.384. The van der Waals surface area contributed by atoms with Gasteiger partial charge in [-0.25, -0.2) is 0 Å². The van der Waals surface area contributed by atoms with Gasteiger partial charge < -0.3 is 5.32 Å². The van der Waals surface area contributed by atoms with Crippen LogP contribution < -0.4 is 5.32 Å². The van der Waals surface area contributed by atoms with Gasteiger partial charge in [-0.15, -0.1) is 0 Å². The Labute approximate surface area is 159 Å². The second kappa shape index (κ2) is 8.65. The molecule has 2 aromatic carbocycles. The summed E-state index contributed by atoms with van der Waals surface area (Å²) in [5.74, 6) is 0. The van der Waals surface area contributed by atoms with E-state index in [0.717, 1.165) is 18.7 Å². The van der Waals surface area contributed by atoms with Crippen LogP contribution in [0, 0.1) is 21.4 Å². The average Bonchev–Trinajstić information content (AvgIpc) is 2.69. The molecule has 1 atom stereocenters. The first-order valence-electron chi connectivity index (χ1n) is 9.31. The van der Waals surface area contributed by atoms with E-state index in [1.807, 2.05) is 18.2 Å². The van der Waals surface area contributed by atoms with Gasteiger partial charge in [-0.05, 0) is 49.6 Å². The number of hydrogen-bond acceptors (Lipinski definition) is 5. The molecule has 0 amide bonds. The fourth-order valence-corrected chi connectivity index (χ4v) is 3.59. The number of hydrogen-bond donors (Lipinski definition) is 1. The summed E-state index contributed by atoms with van der Waals surface area (Å²) in [4.78, 5) is 13.4. The molecule has 3 rings (SSSR count). The highest BCUT2D eigenvalue weighted by atomic mass is 16.6. The lowest BCUT2D eigenvalue weighted by Gasteiger charge is -2.33. The van der Waals surface area contributed by atoms with Crippen molar-refractivity contribution < 1.29 is 4.92 Å². The number of nitrogens with one attached hydrogen (secondary N) is 1. The Hall–Kier alpha value is -2.91. The SMILES string of the molecule is CC1CCCCN1Cc1ccccc1CNc1ccc(C#N)cc1[N+](=O)[O-]. The Balaban J connectivity index is 1.75. The first-order valence-corrected chi connectivity index (χ1v) is 9.31. The van der Waals surface area contributed by atoms with Gasteiger partial charge >= 0.3 is 0 Å². The van der Waals surface area contributed by atoms with Crippen molar-refractivity contribution in [2.24, 2.45) is 0 Å². The van der Waals surface area contributed by atoms with Crippen molar-refractivity contribution in [3.8, 4) is 6.07 Å². The number of rotatable bonds is 6. The van der Waals surface area contributed by atoms with Crippen molar-refractivity contribution in [1.29, 1.82) is 5.26 Å². The first-order chi connectivity index (χ1) is 13.1. The molecule has 1 saturated heterocycles. The summed E-state index contributed by atoms with van der Waals surface area (Å²) in [5, 5.41) is 23.5. The maximum absolute atomic E-state index is 11.3. The lowest BCUT2D eigenvalue weighted by Crippen LogP contribution is -2.37. The van der Waals surface area contributed by atoms with Gasteiger partial charge in [0.2, 0.25) is 0 Å². The van der Waals surface area contributed by atoms with E-state index in [9.17, 15) is 10.1 Å². The molecule has 140 valence electrons. The Morgan fingerprint density at radius 3 is 2.74 bits per heavy atom. The van der Waals surface area contributed by atoms with Crippen molar-refractivity contribution in [3.63, 3.8) is 0 Å². The minimum atomic E-state index is -0.454. The maximum atomic E-state index is 11.3. The van der Waals surface area contributed by atoms with Gasteiger partial charge in [0.05, 0.1) is 16.6 Å². The van der Waals surface area contributed by atoms with Gasteiger partial charge in [0, 0.05) is 25.2 Å². The zero-order valence-electron chi connectivity index (χ0n) is 15.5. The molecule has 6 heteroatoms. The maximum Gasteiger partial charge on any atom is 0.293 e. The molecule has 1 N–H and O–H groups in total. The molecule has 27 heavy (non-hydrogen) atoms. The van der Waals surface area contributed by atoms with Crippen LogP contribution in [0.25, 0.3) is 0 Å². The summed E-state index contributed by atoms with van der Waals surface area (Å²) >= 11 is 0. The molecule has 0 radical (unpaired) electrons. The Bertz CT molecular complexity index is 860. The highest BCUT2D eigenvalue weighted by Crippen LogP contribution is 2.27. The Kier molecular flexibility index (Phi) is 6.05. The van der Waals surface area contributed by atoms with E-state index >= 15 is 0 Å². The molecule has 2 aromatic rings. The predicted octanol–water partition coefficient (Wildman–Crippen LogP) is 4.45. The third kappa shape index (κ3) is 4.63. The number of piperidine rings is 1. The second-order valence-corrected chi connectivity index (χ2v) is 7.04. The topological polar surface area (TPSA) is 82.2 Å². The number of nitro groups is 1. The van der Waals surface area contributed by atoms with Crippen molar-refractivity contribution in [1.82, 2.24) is 4.90 Å².